The van der Waals surface area contributed by atoms with Crippen LogP contribution in [0.5, 0.6) is 5.75 Å². The number of ether oxygens (including phenoxy) is 1. The molecule has 1 aromatic heterocycles. The zero-order chi connectivity index (χ0) is 19.3. The predicted molar refractivity (Wildman–Crippen MR) is 115 cm³/mol. The Morgan fingerprint density at radius 2 is 1.89 bits per heavy atom. The zero-order valence-corrected chi connectivity index (χ0v) is 17.5. The average molecular weight is 456 g/mol. The topological polar surface area (TPSA) is 48.1 Å². The van der Waals surface area contributed by atoms with Crippen molar-refractivity contribution in [3.05, 3.63) is 93.2 Å². The molecular formula is C23H20BrClN2O. The lowest BCUT2D eigenvalue weighted by Gasteiger charge is -2.36. The van der Waals surface area contributed by atoms with Gasteiger partial charge in [0.25, 0.3) is 0 Å². The van der Waals surface area contributed by atoms with E-state index in [-0.39, 0.29) is 17.8 Å². The predicted octanol–water partition coefficient (Wildman–Crippen LogP) is 5.63. The quantitative estimate of drug-likeness (QED) is 0.556. The summed E-state index contributed by atoms with van der Waals surface area (Å²) in [5, 5.41) is 0.588. The number of benzene rings is 2. The van der Waals surface area contributed by atoms with E-state index in [2.05, 4.69) is 64.5 Å². The lowest BCUT2D eigenvalue weighted by atomic mass is 9.74. The Hall–Kier alpha value is -1.88. The van der Waals surface area contributed by atoms with Crippen molar-refractivity contribution in [3.63, 3.8) is 0 Å². The summed E-state index contributed by atoms with van der Waals surface area (Å²) >= 11 is 9.80. The van der Waals surface area contributed by atoms with Crippen LogP contribution in [0.4, 0.5) is 0 Å². The minimum atomic E-state index is -0.536. The van der Waals surface area contributed by atoms with Crippen molar-refractivity contribution < 1.29 is 4.74 Å². The summed E-state index contributed by atoms with van der Waals surface area (Å²) < 4.78 is 7.85. The Morgan fingerprint density at radius 3 is 2.61 bits per heavy atom. The molecule has 2 heterocycles. The molecule has 1 saturated carbocycles. The molecule has 5 heteroatoms. The van der Waals surface area contributed by atoms with Crippen LogP contribution in [-0.4, -0.2) is 11.5 Å². The molecule has 1 aliphatic carbocycles. The first-order chi connectivity index (χ1) is 13.6. The number of rotatable bonds is 3. The van der Waals surface area contributed by atoms with Gasteiger partial charge < -0.3 is 10.5 Å². The number of hydrogen-bond acceptors (Lipinski definition) is 3. The molecule has 5 rings (SSSR count). The highest BCUT2D eigenvalue weighted by Gasteiger charge is 2.63. The van der Waals surface area contributed by atoms with Crippen molar-refractivity contribution in [3.8, 4) is 5.75 Å². The highest BCUT2D eigenvalue weighted by molar-refractivity contribution is 9.10. The summed E-state index contributed by atoms with van der Waals surface area (Å²) in [6, 6.07) is 20.9. The second-order valence-electron chi connectivity index (χ2n) is 7.61. The van der Waals surface area contributed by atoms with Crippen LogP contribution in [0.15, 0.2) is 71.3 Å². The van der Waals surface area contributed by atoms with Crippen LogP contribution in [-0.2, 0) is 5.60 Å². The summed E-state index contributed by atoms with van der Waals surface area (Å²) in [5.41, 5.74) is 9.12. The van der Waals surface area contributed by atoms with Gasteiger partial charge in [0.15, 0.2) is 0 Å². The van der Waals surface area contributed by atoms with Crippen molar-refractivity contribution in [2.75, 3.05) is 6.54 Å². The van der Waals surface area contributed by atoms with E-state index in [1.165, 1.54) is 5.56 Å². The molecule has 0 saturated heterocycles. The van der Waals surface area contributed by atoms with E-state index in [4.69, 9.17) is 27.1 Å². The molecule has 3 nitrogen and oxygen atoms in total. The van der Waals surface area contributed by atoms with Gasteiger partial charge in [-0.2, -0.15) is 0 Å². The summed E-state index contributed by atoms with van der Waals surface area (Å²) in [7, 11) is 0. The summed E-state index contributed by atoms with van der Waals surface area (Å²) in [6.45, 7) is 0.597. The molecule has 3 aromatic rings. The molecule has 28 heavy (non-hydrogen) atoms. The third-order valence-electron chi connectivity index (χ3n) is 6.21. The summed E-state index contributed by atoms with van der Waals surface area (Å²) in [6.07, 6.45) is 2.68. The zero-order valence-electron chi connectivity index (χ0n) is 15.2. The van der Waals surface area contributed by atoms with Gasteiger partial charge >= 0.3 is 0 Å². The highest BCUT2D eigenvalue weighted by Crippen LogP contribution is 2.66. The second kappa shape index (κ2) is 6.87. The number of fused-ring (bicyclic) bond motifs is 3. The first-order valence-corrected chi connectivity index (χ1v) is 10.7. The Kier molecular flexibility index (Phi) is 4.46. The normalized spacial score (nSPS) is 27.9. The van der Waals surface area contributed by atoms with Gasteiger partial charge in [0.2, 0.25) is 0 Å². The van der Waals surface area contributed by atoms with Gasteiger partial charge in [-0.15, -0.1) is 0 Å². The Bertz CT molecular complexity index is 1010. The monoisotopic (exact) mass is 454 g/mol. The SMILES string of the molecule is NC[C@H]1C[C@@H](c2ccccc2)[C@@]2(c3ccc(Br)cc3)Oc3cc(Cl)cnc3[C@@H]12. The number of halogens is 2. The van der Waals surface area contributed by atoms with Gasteiger partial charge in [-0.1, -0.05) is 70.0 Å². The summed E-state index contributed by atoms with van der Waals surface area (Å²) in [4.78, 5) is 4.69. The van der Waals surface area contributed by atoms with Crippen LogP contribution in [0, 0.1) is 5.92 Å². The first kappa shape index (κ1) is 18.2. The van der Waals surface area contributed by atoms with E-state index in [1.807, 2.05) is 12.1 Å². The van der Waals surface area contributed by atoms with Crippen molar-refractivity contribution in [2.24, 2.45) is 11.7 Å². The molecule has 0 unspecified atom stereocenters. The molecule has 2 aliphatic rings. The number of aromatic nitrogens is 1. The average Bonchev–Trinajstić information content (AvgIpc) is 3.21. The number of hydrogen-bond donors (Lipinski definition) is 1. The van der Waals surface area contributed by atoms with E-state index >= 15 is 0 Å². The number of nitrogens with zero attached hydrogens (tertiary/aromatic N) is 1. The van der Waals surface area contributed by atoms with Crippen LogP contribution < -0.4 is 10.5 Å². The Morgan fingerprint density at radius 1 is 1.14 bits per heavy atom. The fraction of sp³-hybridized carbons (Fsp3) is 0.261. The molecule has 142 valence electrons. The van der Waals surface area contributed by atoms with Gasteiger partial charge in [-0.25, -0.2) is 0 Å². The summed E-state index contributed by atoms with van der Waals surface area (Å²) in [5.74, 6) is 1.33. The molecule has 0 radical (unpaired) electrons. The standard InChI is InChI=1S/C23H20BrClN2O/c24-17-8-6-16(7-9-17)23-19(14-4-2-1-3-5-14)10-15(12-26)21(23)22-20(28-23)11-18(25)13-27-22/h1-9,11,13,15,19,21H,10,12,26H2/t15-,19+,21-,23-/m1/s1. The van der Waals surface area contributed by atoms with E-state index in [0.29, 0.717) is 11.6 Å². The van der Waals surface area contributed by atoms with Crippen LogP contribution in [0.1, 0.15) is 35.1 Å². The van der Waals surface area contributed by atoms with E-state index in [1.54, 1.807) is 6.20 Å². The number of nitrogens with two attached hydrogens (primary N) is 1. The minimum absolute atomic E-state index is 0.0937. The maximum Gasteiger partial charge on any atom is 0.150 e. The van der Waals surface area contributed by atoms with E-state index < -0.39 is 5.60 Å². The van der Waals surface area contributed by atoms with Crippen LogP contribution in [0.25, 0.3) is 0 Å². The number of pyridine rings is 1. The van der Waals surface area contributed by atoms with Gasteiger partial charge in [-0.3, -0.25) is 4.98 Å². The van der Waals surface area contributed by atoms with Crippen LogP contribution in [0.2, 0.25) is 5.02 Å². The van der Waals surface area contributed by atoms with Gasteiger partial charge in [-0.05, 0) is 42.1 Å². The van der Waals surface area contributed by atoms with E-state index in [0.717, 1.165) is 27.9 Å². The van der Waals surface area contributed by atoms with Gasteiger partial charge in [0.1, 0.15) is 11.4 Å². The lowest BCUT2D eigenvalue weighted by molar-refractivity contribution is 0.0601. The molecule has 1 fully saturated rings. The smallest absolute Gasteiger partial charge is 0.150 e. The van der Waals surface area contributed by atoms with Gasteiger partial charge in [0.05, 0.1) is 16.6 Å². The van der Waals surface area contributed by atoms with Crippen molar-refractivity contribution in [1.29, 1.82) is 0 Å². The van der Waals surface area contributed by atoms with Crippen molar-refractivity contribution in [1.82, 2.24) is 4.98 Å². The molecule has 4 atom stereocenters. The van der Waals surface area contributed by atoms with Crippen LogP contribution in [0.3, 0.4) is 0 Å². The first-order valence-electron chi connectivity index (χ1n) is 9.49. The highest BCUT2D eigenvalue weighted by atomic mass is 79.9. The largest absolute Gasteiger partial charge is 0.479 e. The third-order valence-corrected chi connectivity index (χ3v) is 6.95. The van der Waals surface area contributed by atoms with Crippen molar-refractivity contribution >= 4 is 27.5 Å². The maximum absolute atomic E-state index is 6.81. The second-order valence-corrected chi connectivity index (χ2v) is 8.96. The van der Waals surface area contributed by atoms with Crippen LogP contribution >= 0.6 is 27.5 Å². The minimum Gasteiger partial charge on any atom is -0.479 e. The molecule has 1 aliphatic heterocycles. The van der Waals surface area contributed by atoms with E-state index in [9.17, 15) is 0 Å². The lowest BCUT2D eigenvalue weighted by Crippen LogP contribution is -2.38. The Labute approximate surface area is 178 Å². The molecular weight excluding hydrogens is 436 g/mol. The fourth-order valence-corrected chi connectivity index (χ4v) is 5.53. The molecule has 2 aromatic carbocycles. The third kappa shape index (κ3) is 2.62. The maximum atomic E-state index is 6.81. The van der Waals surface area contributed by atoms with Crippen molar-refractivity contribution in [2.45, 2.75) is 23.9 Å². The Balaban J connectivity index is 1.75. The fourth-order valence-electron chi connectivity index (χ4n) is 5.12. The molecule has 2 N–H and O–H groups in total. The molecule has 0 spiro atoms. The molecule has 0 bridgehead atoms. The van der Waals surface area contributed by atoms with Gasteiger partial charge in [0, 0.05) is 22.7 Å². The molecule has 0 amide bonds.